The largest absolute Gasteiger partial charge is 0.497 e. The van der Waals surface area contributed by atoms with Crippen molar-refractivity contribution in [3.8, 4) is 17.2 Å². The number of benzene rings is 2. The van der Waals surface area contributed by atoms with E-state index in [9.17, 15) is 0 Å². The van der Waals surface area contributed by atoms with Crippen LogP contribution in [-0.4, -0.2) is 32.8 Å². The summed E-state index contributed by atoms with van der Waals surface area (Å²) in [5.74, 6) is 2.33. The van der Waals surface area contributed by atoms with Gasteiger partial charge in [0.15, 0.2) is 5.96 Å². The van der Waals surface area contributed by atoms with E-state index in [1.807, 2.05) is 19.1 Å². The maximum absolute atomic E-state index is 5.95. The maximum Gasteiger partial charge on any atom is 0.193 e. The zero-order valence-electron chi connectivity index (χ0n) is 14.9. The van der Waals surface area contributed by atoms with Gasteiger partial charge in [0.05, 0.1) is 26.5 Å². The minimum atomic E-state index is -0.145. The van der Waals surface area contributed by atoms with Crippen molar-refractivity contribution in [2.45, 2.75) is 13.0 Å². The van der Waals surface area contributed by atoms with Gasteiger partial charge in [-0.3, -0.25) is 0 Å². The van der Waals surface area contributed by atoms with Crippen LogP contribution in [0.2, 0.25) is 5.02 Å². The molecule has 26 heavy (non-hydrogen) atoms. The smallest absolute Gasteiger partial charge is 0.193 e. The molecule has 0 saturated heterocycles. The predicted molar refractivity (Wildman–Crippen MR) is 117 cm³/mol. The predicted octanol–water partition coefficient (Wildman–Crippen LogP) is 4.17. The lowest BCUT2D eigenvalue weighted by atomic mass is 10.2. The molecule has 0 amide bonds. The number of rotatable bonds is 7. The number of nitrogens with one attached hydrogen (secondary N) is 1. The first kappa shape index (κ1) is 22.2. The summed E-state index contributed by atoms with van der Waals surface area (Å²) in [6.45, 7) is 2.31. The number of aliphatic imine (C=N–C) groups is 1. The van der Waals surface area contributed by atoms with Gasteiger partial charge in [0, 0.05) is 11.1 Å². The number of methoxy groups -OCH3 is 2. The van der Waals surface area contributed by atoms with Gasteiger partial charge in [-0.05, 0) is 43.3 Å². The summed E-state index contributed by atoms with van der Waals surface area (Å²) in [7, 11) is 3.18. The molecule has 142 valence electrons. The Morgan fingerprint density at radius 2 is 1.77 bits per heavy atom. The van der Waals surface area contributed by atoms with Gasteiger partial charge in [0.25, 0.3) is 0 Å². The topological polar surface area (TPSA) is 78.1 Å². The van der Waals surface area contributed by atoms with Crippen molar-refractivity contribution < 1.29 is 14.2 Å². The van der Waals surface area contributed by atoms with Crippen molar-refractivity contribution in [2.24, 2.45) is 10.7 Å². The molecule has 0 spiro atoms. The third-order valence-electron chi connectivity index (χ3n) is 3.34. The normalized spacial score (nSPS) is 11.9. The van der Waals surface area contributed by atoms with Crippen LogP contribution in [-0.2, 0) is 0 Å². The second kappa shape index (κ2) is 11.0. The van der Waals surface area contributed by atoms with Gasteiger partial charge in [-0.15, -0.1) is 24.0 Å². The third kappa shape index (κ3) is 6.80. The van der Waals surface area contributed by atoms with Gasteiger partial charge in [0.1, 0.15) is 23.4 Å². The standard InChI is InChI=1S/C18H22ClN3O3.HI/c1-12(25-14-6-4-13(19)5-7-14)11-21-18(20)22-16-10-15(23-2)8-9-17(16)24-3;/h4-10,12H,11H2,1-3H3,(H3,20,21,22);1H. The summed E-state index contributed by atoms with van der Waals surface area (Å²) in [5.41, 5.74) is 6.63. The molecular weight excluding hydrogens is 469 g/mol. The number of hydrogen-bond acceptors (Lipinski definition) is 4. The van der Waals surface area contributed by atoms with Crippen molar-refractivity contribution in [1.29, 1.82) is 0 Å². The molecule has 0 radical (unpaired) electrons. The molecule has 1 unspecified atom stereocenters. The lowest BCUT2D eigenvalue weighted by molar-refractivity contribution is 0.230. The summed E-state index contributed by atoms with van der Waals surface area (Å²) in [6.07, 6.45) is -0.145. The lowest BCUT2D eigenvalue weighted by Gasteiger charge is -2.14. The Bertz CT molecular complexity index is 726. The highest BCUT2D eigenvalue weighted by molar-refractivity contribution is 14.0. The Morgan fingerprint density at radius 1 is 1.12 bits per heavy atom. The molecule has 0 fully saturated rings. The Hall–Kier alpha value is -1.87. The molecule has 0 aliphatic carbocycles. The number of ether oxygens (including phenoxy) is 3. The highest BCUT2D eigenvalue weighted by Gasteiger charge is 2.07. The Kier molecular flexibility index (Phi) is 9.36. The first-order valence-electron chi connectivity index (χ1n) is 7.73. The van der Waals surface area contributed by atoms with E-state index in [1.54, 1.807) is 44.6 Å². The fraction of sp³-hybridized carbons (Fsp3) is 0.278. The Morgan fingerprint density at radius 3 is 2.38 bits per heavy atom. The van der Waals surface area contributed by atoms with E-state index in [2.05, 4.69) is 10.3 Å². The SMILES string of the molecule is COc1ccc(OC)c(NC(N)=NCC(C)Oc2ccc(Cl)cc2)c1.I. The number of halogens is 2. The van der Waals surface area contributed by atoms with E-state index < -0.39 is 0 Å². The molecule has 0 aromatic heterocycles. The number of guanidine groups is 1. The highest BCUT2D eigenvalue weighted by Crippen LogP contribution is 2.28. The zero-order chi connectivity index (χ0) is 18.2. The van der Waals surface area contributed by atoms with Gasteiger partial charge >= 0.3 is 0 Å². The van der Waals surface area contributed by atoms with Crippen molar-refractivity contribution in [3.05, 3.63) is 47.5 Å². The van der Waals surface area contributed by atoms with Gasteiger partial charge in [-0.1, -0.05) is 11.6 Å². The Labute approximate surface area is 175 Å². The fourth-order valence-corrected chi connectivity index (χ4v) is 2.22. The number of hydrogen-bond donors (Lipinski definition) is 2. The number of nitrogens with zero attached hydrogens (tertiary/aromatic N) is 1. The van der Waals surface area contributed by atoms with Crippen LogP contribution in [0.1, 0.15) is 6.92 Å². The molecule has 3 N–H and O–H groups in total. The second-order valence-electron chi connectivity index (χ2n) is 5.30. The third-order valence-corrected chi connectivity index (χ3v) is 3.59. The van der Waals surface area contributed by atoms with Crippen LogP contribution >= 0.6 is 35.6 Å². The minimum Gasteiger partial charge on any atom is -0.497 e. The van der Waals surface area contributed by atoms with Gasteiger partial charge in [0.2, 0.25) is 0 Å². The molecule has 2 rings (SSSR count). The molecule has 1 atom stereocenters. The van der Waals surface area contributed by atoms with Crippen molar-refractivity contribution in [2.75, 3.05) is 26.1 Å². The van der Waals surface area contributed by atoms with E-state index in [1.165, 1.54) is 0 Å². The minimum absolute atomic E-state index is 0. The molecule has 6 nitrogen and oxygen atoms in total. The monoisotopic (exact) mass is 491 g/mol. The van der Waals surface area contributed by atoms with E-state index in [4.69, 9.17) is 31.5 Å². The molecule has 0 heterocycles. The molecule has 0 aliphatic rings. The maximum atomic E-state index is 5.95. The van der Waals surface area contributed by atoms with Crippen molar-refractivity contribution in [3.63, 3.8) is 0 Å². The van der Waals surface area contributed by atoms with E-state index in [0.29, 0.717) is 28.8 Å². The van der Waals surface area contributed by atoms with Gasteiger partial charge < -0.3 is 25.3 Å². The van der Waals surface area contributed by atoms with Crippen LogP contribution in [0.5, 0.6) is 17.2 Å². The van der Waals surface area contributed by atoms with Crippen LogP contribution in [0, 0.1) is 0 Å². The summed E-state index contributed by atoms with van der Waals surface area (Å²) in [4.78, 5) is 4.30. The quantitative estimate of drug-likeness (QED) is 0.345. The van der Waals surface area contributed by atoms with Crippen molar-refractivity contribution in [1.82, 2.24) is 0 Å². The summed E-state index contributed by atoms with van der Waals surface area (Å²) in [6, 6.07) is 12.6. The van der Waals surface area contributed by atoms with Crippen LogP contribution < -0.4 is 25.3 Å². The van der Waals surface area contributed by atoms with Crippen molar-refractivity contribution >= 4 is 47.2 Å². The van der Waals surface area contributed by atoms with Crippen LogP contribution in [0.25, 0.3) is 0 Å². The second-order valence-corrected chi connectivity index (χ2v) is 5.74. The summed E-state index contributed by atoms with van der Waals surface area (Å²) in [5, 5.41) is 3.68. The fourth-order valence-electron chi connectivity index (χ4n) is 2.10. The zero-order valence-corrected chi connectivity index (χ0v) is 17.9. The van der Waals surface area contributed by atoms with Gasteiger partial charge in [-0.25, -0.2) is 4.99 Å². The van der Waals surface area contributed by atoms with Gasteiger partial charge in [-0.2, -0.15) is 0 Å². The van der Waals surface area contributed by atoms with Crippen LogP contribution in [0.3, 0.4) is 0 Å². The highest BCUT2D eigenvalue weighted by atomic mass is 127. The van der Waals surface area contributed by atoms with E-state index >= 15 is 0 Å². The molecule has 0 bridgehead atoms. The molecule has 8 heteroatoms. The Balaban J connectivity index is 0.00000338. The summed E-state index contributed by atoms with van der Waals surface area (Å²) >= 11 is 5.85. The number of nitrogens with two attached hydrogens (primary N) is 1. The lowest BCUT2D eigenvalue weighted by Crippen LogP contribution is -2.26. The first-order chi connectivity index (χ1) is 12.0. The molecule has 2 aromatic rings. The molecule has 0 aliphatic heterocycles. The first-order valence-corrected chi connectivity index (χ1v) is 8.11. The molecule has 2 aromatic carbocycles. The van der Waals surface area contributed by atoms with Crippen LogP contribution in [0.4, 0.5) is 5.69 Å². The van der Waals surface area contributed by atoms with E-state index in [0.717, 1.165) is 5.75 Å². The number of anilines is 1. The average molecular weight is 492 g/mol. The van der Waals surface area contributed by atoms with Crippen LogP contribution in [0.15, 0.2) is 47.5 Å². The average Bonchev–Trinajstić information content (AvgIpc) is 2.62. The summed E-state index contributed by atoms with van der Waals surface area (Å²) < 4.78 is 16.3. The molecule has 0 saturated carbocycles. The van der Waals surface area contributed by atoms with E-state index in [-0.39, 0.29) is 36.0 Å². The molecular formula is C18H23ClIN3O3.